The summed E-state index contributed by atoms with van der Waals surface area (Å²) in [4.78, 5) is 21.5. The van der Waals surface area contributed by atoms with E-state index in [2.05, 4.69) is 10.2 Å². The van der Waals surface area contributed by atoms with Crippen LogP contribution >= 0.6 is 23.1 Å². The third-order valence-electron chi connectivity index (χ3n) is 2.11. The van der Waals surface area contributed by atoms with Gasteiger partial charge < -0.3 is 5.11 Å². The van der Waals surface area contributed by atoms with Crippen molar-refractivity contribution in [1.82, 2.24) is 10.2 Å². The van der Waals surface area contributed by atoms with Crippen molar-refractivity contribution < 1.29 is 14.8 Å². The molecule has 2 aromatic rings. The Morgan fingerprint density at radius 1 is 1.47 bits per heavy atom. The van der Waals surface area contributed by atoms with E-state index in [1.165, 1.54) is 41.3 Å². The lowest BCUT2D eigenvalue weighted by atomic mass is 10.2. The van der Waals surface area contributed by atoms with Crippen LogP contribution in [0.3, 0.4) is 0 Å². The van der Waals surface area contributed by atoms with Gasteiger partial charge in [-0.05, 0) is 19.1 Å². The standard InChI is InChI=1S/C10H7N3O4S2/c1-5-11-12-10(18-5)19-6-2-3-7(9(14)15)8(4-6)13(16)17/h2-4H,1H3,(H,14,15). The van der Waals surface area contributed by atoms with Gasteiger partial charge in [-0.25, -0.2) is 4.79 Å². The number of hydrogen-bond acceptors (Lipinski definition) is 7. The second-order valence-electron chi connectivity index (χ2n) is 3.43. The van der Waals surface area contributed by atoms with E-state index in [0.29, 0.717) is 9.24 Å². The molecule has 98 valence electrons. The number of benzene rings is 1. The van der Waals surface area contributed by atoms with E-state index in [0.717, 1.165) is 5.01 Å². The number of nitrogens with zero attached hydrogens (tertiary/aromatic N) is 3. The van der Waals surface area contributed by atoms with E-state index in [9.17, 15) is 14.9 Å². The molecule has 0 spiro atoms. The molecule has 2 rings (SSSR count). The molecular formula is C10H7N3O4S2. The molecule has 9 heteroatoms. The number of nitro benzene ring substituents is 1. The van der Waals surface area contributed by atoms with Gasteiger partial charge in [0, 0.05) is 11.0 Å². The van der Waals surface area contributed by atoms with Crippen molar-refractivity contribution in [3.8, 4) is 0 Å². The Balaban J connectivity index is 2.35. The van der Waals surface area contributed by atoms with Crippen LogP contribution in [0.15, 0.2) is 27.4 Å². The molecule has 1 aromatic heterocycles. The summed E-state index contributed by atoms with van der Waals surface area (Å²) in [6.45, 7) is 1.80. The summed E-state index contributed by atoms with van der Waals surface area (Å²) < 4.78 is 0.648. The van der Waals surface area contributed by atoms with E-state index in [4.69, 9.17) is 5.11 Å². The van der Waals surface area contributed by atoms with Crippen LogP contribution in [0, 0.1) is 17.0 Å². The molecule has 0 amide bonds. The van der Waals surface area contributed by atoms with Gasteiger partial charge in [-0.1, -0.05) is 23.1 Å². The molecule has 19 heavy (non-hydrogen) atoms. The molecule has 1 aromatic carbocycles. The first-order valence-corrected chi connectivity index (χ1v) is 6.60. The van der Waals surface area contributed by atoms with Crippen molar-refractivity contribution in [2.45, 2.75) is 16.2 Å². The lowest BCUT2D eigenvalue weighted by Gasteiger charge is -2.01. The fourth-order valence-electron chi connectivity index (χ4n) is 1.33. The highest BCUT2D eigenvalue weighted by molar-refractivity contribution is 8.01. The number of carbonyl (C=O) groups is 1. The average molecular weight is 297 g/mol. The van der Waals surface area contributed by atoms with Crippen molar-refractivity contribution in [2.75, 3.05) is 0 Å². The molecule has 0 atom stereocenters. The van der Waals surface area contributed by atoms with Crippen LogP contribution in [-0.2, 0) is 0 Å². The highest BCUT2D eigenvalue weighted by Crippen LogP contribution is 2.33. The fraction of sp³-hybridized carbons (Fsp3) is 0.100. The van der Waals surface area contributed by atoms with Gasteiger partial charge in [0.15, 0.2) is 4.34 Å². The van der Waals surface area contributed by atoms with Gasteiger partial charge in [-0.3, -0.25) is 10.1 Å². The lowest BCUT2D eigenvalue weighted by molar-refractivity contribution is -0.385. The molecule has 7 nitrogen and oxygen atoms in total. The molecule has 0 fully saturated rings. The Labute approximate surface area is 115 Å². The number of aryl methyl sites for hydroxylation is 1. The van der Waals surface area contributed by atoms with E-state index in [-0.39, 0.29) is 5.56 Å². The minimum absolute atomic E-state index is 0.331. The monoisotopic (exact) mass is 297 g/mol. The number of aromatic carboxylic acids is 1. The molecule has 1 heterocycles. The van der Waals surface area contributed by atoms with Crippen LogP contribution in [0.1, 0.15) is 15.4 Å². The van der Waals surface area contributed by atoms with Gasteiger partial charge in [0.1, 0.15) is 10.6 Å². The number of rotatable bonds is 4. The molecular weight excluding hydrogens is 290 g/mol. The van der Waals surface area contributed by atoms with Gasteiger partial charge in [0.25, 0.3) is 5.69 Å². The van der Waals surface area contributed by atoms with Gasteiger partial charge >= 0.3 is 5.97 Å². The van der Waals surface area contributed by atoms with Crippen LogP contribution in [0.25, 0.3) is 0 Å². The van der Waals surface area contributed by atoms with E-state index in [1.54, 1.807) is 6.92 Å². The molecule has 0 unspecified atom stereocenters. The van der Waals surface area contributed by atoms with Crippen molar-refractivity contribution in [3.05, 3.63) is 38.9 Å². The van der Waals surface area contributed by atoms with Crippen LogP contribution in [0.2, 0.25) is 0 Å². The lowest BCUT2D eigenvalue weighted by Crippen LogP contribution is -2.02. The predicted octanol–water partition coefficient (Wildman–Crippen LogP) is 2.60. The molecule has 0 aliphatic rings. The molecule has 0 aliphatic carbocycles. The zero-order valence-electron chi connectivity index (χ0n) is 9.56. The first-order chi connectivity index (χ1) is 8.97. The quantitative estimate of drug-likeness (QED) is 0.682. The maximum Gasteiger partial charge on any atom is 0.342 e. The largest absolute Gasteiger partial charge is 0.477 e. The molecule has 0 aliphatic heterocycles. The minimum atomic E-state index is -1.32. The highest BCUT2D eigenvalue weighted by atomic mass is 32.2. The Hall–Kier alpha value is -2.00. The summed E-state index contributed by atoms with van der Waals surface area (Å²) in [5.41, 5.74) is -0.762. The first-order valence-electron chi connectivity index (χ1n) is 4.97. The summed E-state index contributed by atoms with van der Waals surface area (Å²) >= 11 is 2.57. The van der Waals surface area contributed by atoms with Crippen LogP contribution in [0.5, 0.6) is 0 Å². The first kappa shape index (κ1) is 13.4. The Kier molecular flexibility index (Phi) is 3.76. The van der Waals surface area contributed by atoms with Crippen LogP contribution in [-0.4, -0.2) is 26.2 Å². The molecule has 1 N–H and O–H groups in total. The average Bonchev–Trinajstić information content (AvgIpc) is 2.74. The van der Waals surface area contributed by atoms with Crippen molar-refractivity contribution in [3.63, 3.8) is 0 Å². The Morgan fingerprint density at radius 2 is 2.21 bits per heavy atom. The molecule has 0 bridgehead atoms. The normalized spacial score (nSPS) is 10.4. The number of carboxylic acid groups (broad SMARTS) is 1. The second-order valence-corrected chi connectivity index (χ2v) is 5.93. The summed E-state index contributed by atoms with van der Waals surface area (Å²) in [5.74, 6) is -1.32. The Bertz CT molecular complexity index is 656. The fourth-order valence-corrected chi connectivity index (χ4v) is 3.15. The number of aromatic nitrogens is 2. The maximum atomic E-state index is 10.9. The molecule has 0 saturated carbocycles. The number of carboxylic acids is 1. The summed E-state index contributed by atoms with van der Waals surface area (Å²) in [6, 6.07) is 3.96. The number of nitro groups is 1. The predicted molar refractivity (Wildman–Crippen MR) is 68.8 cm³/mol. The zero-order chi connectivity index (χ0) is 14.0. The number of hydrogen-bond donors (Lipinski definition) is 1. The highest BCUT2D eigenvalue weighted by Gasteiger charge is 2.20. The molecule has 0 radical (unpaired) electrons. The zero-order valence-corrected chi connectivity index (χ0v) is 11.2. The van der Waals surface area contributed by atoms with Crippen LogP contribution < -0.4 is 0 Å². The van der Waals surface area contributed by atoms with Gasteiger partial charge in [0.2, 0.25) is 0 Å². The second kappa shape index (κ2) is 5.33. The van der Waals surface area contributed by atoms with Gasteiger partial charge in [0.05, 0.1) is 4.92 Å². The topological polar surface area (TPSA) is 106 Å². The maximum absolute atomic E-state index is 10.9. The summed E-state index contributed by atoms with van der Waals surface area (Å²) in [5, 5.41) is 28.2. The smallest absolute Gasteiger partial charge is 0.342 e. The van der Waals surface area contributed by atoms with Gasteiger partial charge in [-0.2, -0.15) is 0 Å². The summed E-state index contributed by atoms with van der Waals surface area (Å²) in [6.07, 6.45) is 0. The SMILES string of the molecule is Cc1nnc(Sc2ccc(C(=O)O)c([N+](=O)[O-])c2)s1. The van der Waals surface area contributed by atoms with Crippen molar-refractivity contribution in [2.24, 2.45) is 0 Å². The third kappa shape index (κ3) is 3.06. The molecule has 0 saturated heterocycles. The van der Waals surface area contributed by atoms with Crippen molar-refractivity contribution >= 4 is 34.8 Å². The van der Waals surface area contributed by atoms with Crippen LogP contribution in [0.4, 0.5) is 5.69 Å². The van der Waals surface area contributed by atoms with Gasteiger partial charge in [-0.15, -0.1) is 10.2 Å². The van der Waals surface area contributed by atoms with Crippen molar-refractivity contribution in [1.29, 1.82) is 0 Å². The van der Waals surface area contributed by atoms with E-state index >= 15 is 0 Å². The minimum Gasteiger partial charge on any atom is -0.477 e. The Morgan fingerprint density at radius 3 is 2.74 bits per heavy atom. The third-order valence-corrected chi connectivity index (χ3v) is 3.99. The van der Waals surface area contributed by atoms with E-state index < -0.39 is 16.6 Å². The van der Waals surface area contributed by atoms with E-state index in [1.807, 2.05) is 0 Å². The summed E-state index contributed by atoms with van der Waals surface area (Å²) in [7, 11) is 0.